The molecule has 0 atom stereocenters. The predicted octanol–water partition coefficient (Wildman–Crippen LogP) is 4.10. The summed E-state index contributed by atoms with van der Waals surface area (Å²) in [6.07, 6.45) is 0. The monoisotopic (exact) mass is 400 g/mol. The molecule has 30 heavy (non-hydrogen) atoms. The number of carbonyl (C=O) groups is 2. The van der Waals surface area contributed by atoms with Gasteiger partial charge in [0.05, 0.1) is 25.5 Å². The van der Waals surface area contributed by atoms with Crippen LogP contribution in [-0.4, -0.2) is 26.0 Å². The molecule has 0 aliphatic carbocycles. The number of amides is 2. The van der Waals surface area contributed by atoms with E-state index < -0.39 is 11.8 Å². The summed E-state index contributed by atoms with van der Waals surface area (Å²) in [6.45, 7) is 0. The summed E-state index contributed by atoms with van der Waals surface area (Å²) < 4.78 is 10.6. The van der Waals surface area contributed by atoms with Crippen molar-refractivity contribution in [1.29, 1.82) is 0 Å². The van der Waals surface area contributed by atoms with E-state index in [0.717, 1.165) is 4.90 Å². The van der Waals surface area contributed by atoms with E-state index in [-0.39, 0.29) is 5.70 Å². The average Bonchev–Trinajstić information content (AvgIpc) is 3.03. The number of methoxy groups -OCH3 is 2. The van der Waals surface area contributed by atoms with E-state index in [1.54, 1.807) is 55.6 Å². The van der Waals surface area contributed by atoms with Gasteiger partial charge in [-0.1, -0.05) is 48.5 Å². The predicted molar refractivity (Wildman–Crippen MR) is 115 cm³/mol. The fourth-order valence-corrected chi connectivity index (χ4v) is 3.40. The number of imide groups is 1. The molecule has 0 aromatic heterocycles. The summed E-state index contributed by atoms with van der Waals surface area (Å²) in [4.78, 5) is 28.0. The Morgan fingerprint density at radius 2 is 1.50 bits per heavy atom. The SMILES string of the molecule is COc1cccc(NC2=C(c3ccccc3)C(=O)N(c3ccccc3OC)C2=O)c1. The van der Waals surface area contributed by atoms with Crippen LogP contribution < -0.4 is 19.7 Å². The van der Waals surface area contributed by atoms with Gasteiger partial charge in [0.25, 0.3) is 11.8 Å². The van der Waals surface area contributed by atoms with Crippen LogP contribution in [-0.2, 0) is 9.59 Å². The second kappa shape index (κ2) is 8.13. The van der Waals surface area contributed by atoms with Crippen LogP contribution in [0.1, 0.15) is 5.56 Å². The molecule has 3 aromatic carbocycles. The van der Waals surface area contributed by atoms with Crippen LogP contribution >= 0.6 is 0 Å². The summed E-state index contributed by atoms with van der Waals surface area (Å²) in [5.41, 5.74) is 2.19. The third kappa shape index (κ3) is 3.39. The molecule has 0 bridgehead atoms. The molecule has 2 amide bonds. The van der Waals surface area contributed by atoms with Crippen molar-refractivity contribution in [1.82, 2.24) is 0 Å². The zero-order valence-electron chi connectivity index (χ0n) is 16.6. The average molecular weight is 400 g/mol. The van der Waals surface area contributed by atoms with Gasteiger partial charge >= 0.3 is 0 Å². The Morgan fingerprint density at radius 1 is 0.767 bits per heavy atom. The van der Waals surface area contributed by atoms with Crippen LogP contribution in [0.25, 0.3) is 5.57 Å². The Hall–Kier alpha value is -4.06. The van der Waals surface area contributed by atoms with Crippen LogP contribution in [0.3, 0.4) is 0 Å². The summed E-state index contributed by atoms with van der Waals surface area (Å²) in [6, 6.07) is 23.3. The number of nitrogens with one attached hydrogen (secondary N) is 1. The Morgan fingerprint density at radius 3 is 2.23 bits per heavy atom. The molecule has 0 unspecified atom stereocenters. The lowest BCUT2D eigenvalue weighted by Gasteiger charge is -2.18. The highest BCUT2D eigenvalue weighted by Gasteiger charge is 2.41. The first-order valence-electron chi connectivity index (χ1n) is 9.36. The van der Waals surface area contributed by atoms with Crippen LogP contribution in [0.15, 0.2) is 84.6 Å². The van der Waals surface area contributed by atoms with E-state index in [9.17, 15) is 9.59 Å². The molecule has 1 heterocycles. The first kappa shape index (κ1) is 19.3. The third-order valence-electron chi connectivity index (χ3n) is 4.81. The summed E-state index contributed by atoms with van der Waals surface area (Å²) >= 11 is 0. The maximum Gasteiger partial charge on any atom is 0.282 e. The van der Waals surface area contributed by atoms with E-state index >= 15 is 0 Å². The molecule has 6 nitrogen and oxygen atoms in total. The van der Waals surface area contributed by atoms with Gasteiger partial charge < -0.3 is 14.8 Å². The lowest BCUT2D eigenvalue weighted by molar-refractivity contribution is -0.120. The topological polar surface area (TPSA) is 67.9 Å². The minimum Gasteiger partial charge on any atom is -0.497 e. The molecule has 0 saturated heterocycles. The van der Waals surface area contributed by atoms with Crippen molar-refractivity contribution in [2.24, 2.45) is 0 Å². The first-order valence-corrected chi connectivity index (χ1v) is 9.36. The molecule has 0 fully saturated rings. The number of ether oxygens (including phenoxy) is 2. The number of rotatable bonds is 6. The van der Waals surface area contributed by atoms with Gasteiger partial charge in [0, 0.05) is 11.8 Å². The second-order valence-electron chi connectivity index (χ2n) is 6.59. The van der Waals surface area contributed by atoms with Crippen LogP contribution in [0, 0.1) is 0 Å². The number of nitrogens with zero attached hydrogens (tertiary/aromatic N) is 1. The minimum atomic E-state index is -0.453. The minimum absolute atomic E-state index is 0.199. The Bertz CT molecular complexity index is 1140. The number of carbonyl (C=O) groups excluding carboxylic acids is 2. The number of hydrogen-bond donors (Lipinski definition) is 1. The van der Waals surface area contributed by atoms with Crippen molar-refractivity contribution in [3.8, 4) is 11.5 Å². The highest BCUT2D eigenvalue weighted by Crippen LogP contribution is 2.37. The largest absolute Gasteiger partial charge is 0.497 e. The Labute approximate surface area is 174 Å². The molecule has 6 heteroatoms. The third-order valence-corrected chi connectivity index (χ3v) is 4.81. The highest BCUT2D eigenvalue weighted by atomic mass is 16.5. The maximum atomic E-state index is 13.4. The number of para-hydroxylation sites is 2. The van der Waals surface area contributed by atoms with Gasteiger partial charge in [-0.2, -0.15) is 0 Å². The lowest BCUT2D eigenvalue weighted by atomic mass is 10.0. The van der Waals surface area contributed by atoms with Gasteiger partial charge in [-0.15, -0.1) is 0 Å². The van der Waals surface area contributed by atoms with Crippen LogP contribution in [0.4, 0.5) is 11.4 Å². The van der Waals surface area contributed by atoms with E-state index in [1.165, 1.54) is 7.11 Å². The maximum absolute atomic E-state index is 13.4. The molecular formula is C24H20N2O4. The molecule has 4 rings (SSSR count). The van der Waals surface area contributed by atoms with Gasteiger partial charge in [-0.25, -0.2) is 4.90 Å². The lowest BCUT2D eigenvalue weighted by Crippen LogP contribution is -2.32. The Kier molecular flexibility index (Phi) is 5.22. The van der Waals surface area contributed by atoms with E-state index in [4.69, 9.17) is 9.47 Å². The molecule has 1 N–H and O–H groups in total. The standard InChI is InChI=1S/C24H20N2O4/c1-29-18-12-8-11-17(15-18)25-22-21(16-9-4-3-5-10-16)23(27)26(24(22)28)19-13-6-7-14-20(19)30-2/h3-15,25H,1-2H3. The van der Waals surface area contributed by atoms with E-state index in [1.807, 2.05) is 30.3 Å². The smallest absolute Gasteiger partial charge is 0.282 e. The number of benzene rings is 3. The highest BCUT2D eigenvalue weighted by molar-refractivity contribution is 6.46. The zero-order valence-corrected chi connectivity index (χ0v) is 16.6. The molecule has 1 aliphatic rings. The number of hydrogen-bond acceptors (Lipinski definition) is 5. The van der Waals surface area contributed by atoms with Crippen molar-refractivity contribution < 1.29 is 19.1 Å². The van der Waals surface area contributed by atoms with Gasteiger partial charge in [-0.05, 0) is 29.8 Å². The number of anilines is 2. The summed E-state index contributed by atoms with van der Waals surface area (Å²) in [5, 5.41) is 3.13. The first-order chi connectivity index (χ1) is 14.6. The molecule has 0 spiro atoms. The normalized spacial score (nSPS) is 13.6. The van der Waals surface area contributed by atoms with Crippen molar-refractivity contribution in [3.63, 3.8) is 0 Å². The van der Waals surface area contributed by atoms with Crippen molar-refractivity contribution in [2.75, 3.05) is 24.4 Å². The van der Waals surface area contributed by atoms with Crippen molar-refractivity contribution >= 4 is 28.8 Å². The van der Waals surface area contributed by atoms with Gasteiger partial charge in [0.2, 0.25) is 0 Å². The van der Waals surface area contributed by atoms with Gasteiger partial charge in [0.1, 0.15) is 17.2 Å². The summed E-state index contributed by atoms with van der Waals surface area (Å²) in [7, 11) is 3.08. The molecule has 1 aliphatic heterocycles. The zero-order chi connectivity index (χ0) is 21.1. The van der Waals surface area contributed by atoms with E-state index in [0.29, 0.717) is 34.0 Å². The fourth-order valence-electron chi connectivity index (χ4n) is 3.40. The fraction of sp³-hybridized carbons (Fsp3) is 0.0833. The van der Waals surface area contributed by atoms with Crippen molar-refractivity contribution in [3.05, 3.63) is 90.1 Å². The van der Waals surface area contributed by atoms with E-state index in [2.05, 4.69) is 5.32 Å². The molecule has 150 valence electrons. The molecule has 3 aromatic rings. The van der Waals surface area contributed by atoms with Gasteiger partial charge in [0.15, 0.2) is 0 Å². The molecule has 0 radical (unpaired) electrons. The quantitative estimate of drug-likeness (QED) is 0.631. The van der Waals surface area contributed by atoms with Crippen molar-refractivity contribution in [2.45, 2.75) is 0 Å². The molecule has 0 saturated carbocycles. The Balaban J connectivity index is 1.83. The second-order valence-corrected chi connectivity index (χ2v) is 6.59. The molecular weight excluding hydrogens is 380 g/mol. The van der Waals surface area contributed by atoms with Crippen LogP contribution in [0.5, 0.6) is 11.5 Å². The van der Waals surface area contributed by atoms with Gasteiger partial charge in [-0.3, -0.25) is 9.59 Å². The van der Waals surface area contributed by atoms with Crippen LogP contribution in [0.2, 0.25) is 0 Å². The summed E-state index contributed by atoms with van der Waals surface area (Å²) in [5.74, 6) is 0.210.